The Morgan fingerprint density at radius 3 is 2.62 bits per heavy atom. The van der Waals surface area contributed by atoms with Crippen molar-refractivity contribution in [2.24, 2.45) is 0 Å². The highest BCUT2D eigenvalue weighted by molar-refractivity contribution is 6.30. The second-order valence-corrected chi connectivity index (χ2v) is 6.91. The molecule has 1 N–H and O–H groups in total. The number of aliphatic hydroxyl groups is 1. The molecule has 0 atom stereocenters. The number of fused-ring (bicyclic) bond motifs is 1. The van der Waals surface area contributed by atoms with Gasteiger partial charge in [-0.25, -0.2) is 9.67 Å². The summed E-state index contributed by atoms with van der Waals surface area (Å²) in [4.78, 5) is 16.9. The molecular formula is C17H19ClN4O2. The molecule has 0 aliphatic rings. The van der Waals surface area contributed by atoms with E-state index in [9.17, 15) is 9.90 Å². The normalized spacial score (nSPS) is 12.0. The van der Waals surface area contributed by atoms with Gasteiger partial charge in [0.1, 0.15) is 5.39 Å². The summed E-state index contributed by atoms with van der Waals surface area (Å²) >= 11 is 5.89. The van der Waals surface area contributed by atoms with Crippen LogP contribution in [-0.4, -0.2) is 30.0 Å². The summed E-state index contributed by atoms with van der Waals surface area (Å²) in [7, 11) is 0. The van der Waals surface area contributed by atoms with Crippen molar-refractivity contribution < 1.29 is 5.11 Å². The van der Waals surface area contributed by atoms with Crippen molar-refractivity contribution in [3.8, 4) is 0 Å². The molecule has 24 heavy (non-hydrogen) atoms. The lowest BCUT2D eigenvalue weighted by atomic mass is 10.1. The molecule has 2 heterocycles. The van der Waals surface area contributed by atoms with E-state index in [0.29, 0.717) is 35.6 Å². The Kier molecular flexibility index (Phi) is 4.43. The molecule has 0 radical (unpaired) electrons. The molecular weight excluding hydrogens is 328 g/mol. The molecule has 3 rings (SSSR count). The van der Waals surface area contributed by atoms with E-state index in [2.05, 4.69) is 10.1 Å². The van der Waals surface area contributed by atoms with Crippen LogP contribution in [0.1, 0.15) is 25.8 Å². The summed E-state index contributed by atoms with van der Waals surface area (Å²) in [6.07, 6.45) is 3.52. The lowest BCUT2D eigenvalue weighted by Crippen LogP contribution is -2.26. The van der Waals surface area contributed by atoms with E-state index in [1.807, 2.05) is 24.3 Å². The largest absolute Gasteiger partial charge is 0.390 e. The lowest BCUT2D eigenvalue weighted by molar-refractivity contribution is 0.0659. The van der Waals surface area contributed by atoms with E-state index in [0.717, 1.165) is 5.56 Å². The third-order valence-corrected chi connectivity index (χ3v) is 4.08. The van der Waals surface area contributed by atoms with Crippen molar-refractivity contribution >= 4 is 22.6 Å². The lowest BCUT2D eigenvalue weighted by Gasteiger charge is -2.17. The van der Waals surface area contributed by atoms with Crippen LogP contribution in [-0.2, 0) is 13.1 Å². The van der Waals surface area contributed by atoms with Crippen LogP contribution in [0.5, 0.6) is 0 Å². The third kappa shape index (κ3) is 3.66. The molecule has 0 spiro atoms. The number of hydrogen-bond acceptors (Lipinski definition) is 4. The topological polar surface area (TPSA) is 72.9 Å². The molecule has 0 amide bonds. The van der Waals surface area contributed by atoms with Gasteiger partial charge in [-0.05, 0) is 38.0 Å². The summed E-state index contributed by atoms with van der Waals surface area (Å²) in [5.74, 6) is 0. The second-order valence-electron chi connectivity index (χ2n) is 6.47. The highest BCUT2D eigenvalue weighted by Gasteiger charge is 2.15. The van der Waals surface area contributed by atoms with Gasteiger partial charge < -0.3 is 5.11 Å². The van der Waals surface area contributed by atoms with Crippen molar-refractivity contribution in [1.82, 2.24) is 19.3 Å². The minimum atomic E-state index is -0.826. The zero-order chi connectivity index (χ0) is 17.3. The fraction of sp³-hybridized carbons (Fsp3) is 0.353. The number of rotatable bonds is 5. The Balaban J connectivity index is 1.89. The Hall–Kier alpha value is -2.18. The van der Waals surface area contributed by atoms with E-state index in [-0.39, 0.29) is 5.56 Å². The maximum atomic E-state index is 12.5. The first-order valence-corrected chi connectivity index (χ1v) is 8.09. The van der Waals surface area contributed by atoms with Crippen molar-refractivity contribution in [1.29, 1.82) is 0 Å². The number of nitrogens with zero attached hydrogens (tertiary/aromatic N) is 4. The molecule has 1 aromatic carbocycles. The Morgan fingerprint density at radius 2 is 1.96 bits per heavy atom. The average Bonchev–Trinajstić information content (AvgIpc) is 2.92. The molecule has 7 heteroatoms. The van der Waals surface area contributed by atoms with Crippen molar-refractivity contribution in [2.45, 2.75) is 39.0 Å². The van der Waals surface area contributed by atoms with Crippen LogP contribution >= 0.6 is 11.6 Å². The smallest absolute Gasteiger partial charge is 0.264 e. The van der Waals surface area contributed by atoms with E-state index >= 15 is 0 Å². The van der Waals surface area contributed by atoms with Crippen LogP contribution in [0.2, 0.25) is 5.02 Å². The molecule has 0 saturated heterocycles. The van der Waals surface area contributed by atoms with Crippen molar-refractivity contribution in [3.63, 3.8) is 0 Å². The summed E-state index contributed by atoms with van der Waals surface area (Å²) in [5.41, 5.74) is 0.603. The highest BCUT2D eigenvalue weighted by atomic mass is 35.5. The monoisotopic (exact) mass is 346 g/mol. The molecule has 6 nitrogen and oxygen atoms in total. The Morgan fingerprint density at radius 1 is 1.25 bits per heavy atom. The molecule has 0 aliphatic heterocycles. The summed E-state index contributed by atoms with van der Waals surface area (Å²) in [5, 5.41) is 15.2. The van der Waals surface area contributed by atoms with Crippen LogP contribution in [0.15, 0.2) is 41.6 Å². The van der Waals surface area contributed by atoms with Crippen LogP contribution in [0.3, 0.4) is 0 Å². The van der Waals surface area contributed by atoms with Crippen molar-refractivity contribution in [2.75, 3.05) is 0 Å². The molecule has 2 aromatic heterocycles. The van der Waals surface area contributed by atoms with Gasteiger partial charge in [-0.1, -0.05) is 23.7 Å². The summed E-state index contributed by atoms with van der Waals surface area (Å²) < 4.78 is 3.20. The van der Waals surface area contributed by atoms with E-state index in [1.54, 1.807) is 24.7 Å². The predicted octanol–water partition coefficient (Wildman–Crippen LogP) is 2.46. The Labute approximate surface area is 144 Å². The number of halogens is 1. The summed E-state index contributed by atoms with van der Waals surface area (Å²) in [6, 6.07) is 7.47. The first-order chi connectivity index (χ1) is 11.3. The maximum Gasteiger partial charge on any atom is 0.264 e. The molecule has 0 bridgehead atoms. The van der Waals surface area contributed by atoms with Gasteiger partial charge in [0.05, 0.1) is 24.7 Å². The van der Waals surface area contributed by atoms with Crippen molar-refractivity contribution in [3.05, 3.63) is 57.7 Å². The van der Waals surface area contributed by atoms with Gasteiger partial charge >= 0.3 is 0 Å². The maximum absolute atomic E-state index is 12.5. The number of aromatic nitrogens is 4. The SMILES string of the molecule is CC(C)(O)CCn1cnc2c(cnn2Cc2ccc(Cl)cc2)c1=O. The van der Waals surface area contributed by atoms with E-state index < -0.39 is 5.60 Å². The predicted molar refractivity (Wildman–Crippen MR) is 93.3 cm³/mol. The van der Waals surface area contributed by atoms with E-state index in [1.165, 1.54) is 10.9 Å². The fourth-order valence-corrected chi connectivity index (χ4v) is 2.56. The third-order valence-electron chi connectivity index (χ3n) is 3.83. The molecule has 0 fully saturated rings. The average molecular weight is 347 g/mol. The number of aryl methyl sites for hydroxylation is 1. The van der Waals surface area contributed by atoms with Crippen LogP contribution in [0, 0.1) is 0 Å². The minimum absolute atomic E-state index is 0.147. The standard InChI is InChI=1S/C17H19ClN4O2/c1-17(2,24)7-8-21-11-19-15-14(16(21)23)9-20-22(15)10-12-3-5-13(18)6-4-12/h3-6,9,11,24H,7-8,10H2,1-2H3. The fourth-order valence-electron chi connectivity index (χ4n) is 2.43. The van der Waals surface area contributed by atoms with Gasteiger partial charge in [-0.15, -0.1) is 0 Å². The second kappa shape index (κ2) is 6.37. The van der Waals surface area contributed by atoms with Crippen LogP contribution in [0.4, 0.5) is 0 Å². The number of hydrogen-bond donors (Lipinski definition) is 1. The molecule has 126 valence electrons. The van der Waals surface area contributed by atoms with Gasteiger partial charge in [0.15, 0.2) is 5.65 Å². The first kappa shape index (κ1) is 16.7. The zero-order valence-electron chi connectivity index (χ0n) is 13.6. The van der Waals surface area contributed by atoms with Crippen LogP contribution in [0.25, 0.3) is 11.0 Å². The zero-order valence-corrected chi connectivity index (χ0v) is 14.4. The molecule has 0 saturated carbocycles. The quantitative estimate of drug-likeness (QED) is 0.770. The highest BCUT2D eigenvalue weighted by Crippen LogP contribution is 2.13. The minimum Gasteiger partial charge on any atom is -0.390 e. The van der Waals surface area contributed by atoms with E-state index in [4.69, 9.17) is 11.6 Å². The summed E-state index contributed by atoms with van der Waals surface area (Å²) in [6.45, 7) is 4.36. The van der Waals surface area contributed by atoms with Gasteiger partial charge in [0, 0.05) is 11.6 Å². The van der Waals surface area contributed by atoms with Gasteiger partial charge in [0.25, 0.3) is 5.56 Å². The molecule has 3 aromatic rings. The number of benzene rings is 1. The molecule has 0 aliphatic carbocycles. The van der Waals surface area contributed by atoms with Crippen LogP contribution < -0.4 is 5.56 Å². The van der Waals surface area contributed by atoms with Gasteiger partial charge in [0.2, 0.25) is 0 Å². The molecule has 0 unspecified atom stereocenters. The Bertz CT molecular complexity index is 907. The van der Waals surface area contributed by atoms with Gasteiger partial charge in [-0.2, -0.15) is 5.10 Å². The first-order valence-electron chi connectivity index (χ1n) is 7.71. The van der Waals surface area contributed by atoms with Gasteiger partial charge in [-0.3, -0.25) is 9.36 Å².